The average Bonchev–Trinajstić information content (AvgIpc) is 2.85. The first-order valence-electron chi connectivity index (χ1n) is 10.5. The predicted molar refractivity (Wildman–Crippen MR) is 134 cm³/mol. The number of carbonyl (C=O) groups is 3. The molecule has 0 aliphatic rings. The zero-order valence-electron chi connectivity index (χ0n) is 18.6. The van der Waals surface area contributed by atoms with Crippen LogP contribution < -0.4 is 20.2 Å². The number of hydrogen-bond donors (Lipinski definition) is 2. The van der Waals surface area contributed by atoms with Crippen LogP contribution in [0.5, 0.6) is 11.5 Å². The van der Waals surface area contributed by atoms with E-state index in [9.17, 15) is 14.4 Å². The second kappa shape index (κ2) is 12.5. The normalized spacial score (nSPS) is 10.6. The van der Waals surface area contributed by atoms with Crippen molar-refractivity contribution in [2.45, 2.75) is 6.92 Å². The number of nitrogens with zero attached hydrogens (tertiary/aromatic N) is 1. The zero-order valence-corrected chi connectivity index (χ0v) is 20.1. The van der Waals surface area contributed by atoms with E-state index in [0.717, 1.165) is 0 Å². The van der Waals surface area contributed by atoms with E-state index in [2.05, 4.69) is 15.8 Å². The quantitative estimate of drug-likeness (QED) is 0.190. The van der Waals surface area contributed by atoms with Gasteiger partial charge in [-0.05, 0) is 67.1 Å². The van der Waals surface area contributed by atoms with Gasteiger partial charge in [0, 0.05) is 10.6 Å². The molecule has 0 heterocycles. The van der Waals surface area contributed by atoms with Crippen molar-refractivity contribution in [1.82, 2.24) is 10.7 Å². The summed E-state index contributed by atoms with van der Waals surface area (Å²) in [4.78, 5) is 36.5. The summed E-state index contributed by atoms with van der Waals surface area (Å²) in [6, 6.07) is 17.6. The number of rotatable bonds is 9. The molecule has 10 heteroatoms. The van der Waals surface area contributed by atoms with E-state index in [1.807, 2.05) is 0 Å². The second-order valence-corrected chi connectivity index (χ2v) is 7.83. The van der Waals surface area contributed by atoms with E-state index in [-0.39, 0.29) is 22.9 Å². The van der Waals surface area contributed by atoms with Crippen molar-refractivity contribution in [2.75, 3.05) is 13.2 Å². The van der Waals surface area contributed by atoms with E-state index in [1.165, 1.54) is 6.21 Å². The monoisotopic (exact) mass is 513 g/mol. The Labute approximate surface area is 211 Å². The average molecular weight is 514 g/mol. The van der Waals surface area contributed by atoms with Gasteiger partial charge in [0.1, 0.15) is 0 Å². The van der Waals surface area contributed by atoms with Gasteiger partial charge in [0.15, 0.2) is 11.5 Å². The Kier molecular flexibility index (Phi) is 9.23. The molecule has 0 atom stereocenters. The standard InChI is InChI=1S/C25H21Cl2N3O5/c1-2-34-22-13-16(7-12-21(22)35-25(33)19-5-3-4-6-20(19)27)14-29-30-23(31)15-28-24(32)17-8-10-18(26)11-9-17/h3-14H,2,15H2,1H3,(H,28,32)(H,30,31). The van der Waals surface area contributed by atoms with Crippen LogP contribution in [0, 0.1) is 0 Å². The van der Waals surface area contributed by atoms with Gasteiger partial charge in [-0.15, -0.1) is 0 Å². The lowest BCUT2D eigenvalue weighted by atomic mass is 10.2. The maximum atomic E-state index is 12.5. The number of carbonyl (C=O) groups excluding carboxylic acids is 3. The van der Waals surface area contributed by atoms with E-state index < -0.39 is 17.8 Å². The molecule has 35 heavy (non-hydrogen) atoms. The molecule has 2 amide bonds. The molecule has 8 nitrogen and oxygen atoms in total. The number of esters is 1. The Morgan fingerprint density at radius 2 is 1.71 bits per heavy atom. The minimum atomic E-state index is -0.620. The molecular weight excluding hydrogens is 493 g/mol. The third kappa shape index (κ3) is 7.56. The van der Waals surface area contributed by atoms with Gasteiger partial charge in [0.05, 0.1) is 30.0 Å². The SMILES string of the molecule is CCOc1cc(C=NNC(=O)CNC(=O)c2ccc(Cl)cc2)ccc1OC(=O)c1ccccc1Cl. The van der Waals surface area contributed by atoms with Crippen LogP contribution in [-0.4, -0.2) is 37.1 Å². The molecule has 0 aliphatic carbocycles. The Bertz CT molecular complexity index is 1250. The van der Waals surface area contributed by atoms with Gasteiger partial charge < -0.3 is 14.8 Å². The summed E-state index contributed by atoms with van der Waals surface area (Å²) in [6.07, 6.45) is 1.39. The highest BCUT2D eigenvalue weighted by molar-refractivity contribution is 6.33. The number of benzene rings is 3. The zero-order chi connectivity index (χ0) is 25.2. The third-order valence-electron chi connectivity index (χ3n) is 4.48. The second-order valence-electron chi connectivity index (χ2n) is 6.99. The Morgan fingerprint density at radius 3 is 2.43 bits per heavy atom. The lowest BCUT2D eigenvalue weighted by Gasteiger charge is -2.12. The molecule has 180 valence electrons. The highest BCUT2D eigenvalue weighted by atomic mass is 35.5. The van der Waals surface area contributed by atoms with E-state index in [0.29, 0.717) is 28.5 Å². The predicted octanol–water partition coefficient (Wildman–Crippen LogP) is 4.49. The highest BCUT2D eigenvalue weighted by Crippen LogP contribution is 2.29. The van der Waals surface area contributed by atoms with Crippen molar-refractivity contribution < 1.29 is 23.9 Å². The van der Waals surface area contributed by atoms with Gasteiger partial charge >= 0.3 is 5.97 Å². The maximum absolute atomic E-state index is 12.5. The summed E-state index contributed by atoms with van der Waals surface area (Å²) in [5, 5.41) is 7.16. The number of ether oxygens (including phenoxy) is 2. The maximum Gasteiger partial charge on any atom is 0.345 e. The van der Waals surface area contributed by atoms with E-state index in [4.69, 9.17) is 32.7 Å². The van der Waals surface area contributed by atoms with Crippen LogP contribution in [-0.2, 0) is 4.79 Å². The number of hydrazone groups is 1. The molecule has 3 rings (SSSR count). The summed E-state index contributed by atoms with van der Waals surface area (Å²) >= 11 is 11.9. The number of amides is 2. The van der Waals surface area contributed by atoms with Crippen LogP contribution in [0.4, 0.5) is 0 Å². The molecule has 0 saturated carbocycles. The minimum Gasteiger partial charge on any atom is -0.490 e. The van der Waals surface area contributed by atoms with Crippen molar-refractivity contribution in [3.8, 4) is 11.5 Å². The molecule has 3 aromatic carbocycles. The molecule has 2 N–H and O–H groups in total. The molecule has 0 unspecified atom stereocenters. The molecule has 0 bridgehead atoms. The molecule has 0 spiro atoms. The molecule has 0 radical (unpaired) electrons. The fourth-order valence-electron chi connectivity index (χ4n) is 2.82. The van der Waals surface area contributed by atoms with Crippen molar-refractivity contribution >= 4 is 47.2 Å². The summed E-state index contributed by atoms with van der Waals surface area (Å²) in [5.41, 5.74) is 3.52. The van der Waals surface area contributed by atoms with Gasteiger partial charge in [-0.1, -0.05) is 35.3 Å². The van der Waals surface area contributed by atoms with Crippen molar-refractivity contribution in [2.24, 2.45) is 5.10 Å². The summed E-state index contributed by atoms with van der Waals surface area (Å²) < 4.78 is 11.0. The van der Waals surface area contributed by atoms with E-state index >= 15 is 0 Å². The first-order chi connectivity index (χ1) is 16.9. The molecule has 0 saturated heterocycles. The largest absolute Gasteiger partial charge is 0.490 e. The topological polar surface area (TPSA) is 106 Å². The Balaban J connectivity index is 1.57. The summed E-state index contributed by atoms with van der Waals surface area (Å²) in [7, 11) is 0. The fraction of sp³-hybridized carbons (Fsp3) is 0.120. The number of nitrogens with one attached hydrogen (secondary N) is 2. The molecule has 0 aromatic heterocycles. The number of halogens is 2. The van der Waals surface area contributed by atoms with Crippen molar-refractivity contribution in [3.63, 3.8) is 0 Å². The van der Waals surface area contributed by atoms with Gasteiger partial charge in [-0.2, -0.15) is 5.10 Å². The van der Waals surface area contributed by atoms with Crippen molar-refractivity contribution in [1.29, 1.82) is 0 Å². The van der Waals surface area contributed by atoms with Gasteiger partial charge in [0.2, 0.25) is 0 Å². The van der Waals surface area contributed by atoms with Crippen LogP contribution in [0.2, 0.25) is 10.0 Å². The van der Waals surface area contributed by atoms with Crippen LogP contribution >= 0.6 is 23.2 Å². The lowest BCUT2D eigenvalue weighted by Crippen LogP contribution is -2.34. The van der Waals surface area contributed by atoms with Crippen LogP contribution in [0.25, 0.3) is 0 Å². The van der Waals surface area contributed by atoms with Crippen LogP contribution in [0.1, 0.15) is 33.2 Å². The van der Waals surface area contributed by atoms with E-state index in [1.54, 1.807) is 73.7 Å². The molecule has 0 aliphatic heterocycles. The van der Waals surface area contributed by atoms with Crippen molar-refractivity contribution in [3.05, 3.63) is 93.5 Å². The third-order valence-corrected chi connectivity index (χ3v) is 5.06. The first-order valence-corrected chi connectivity index (χ1v) is 11.2. The van der Waals surface area contributed by atoms with Crippen LogP contribution in [0.3, 0.4) is 0 Å². The fourth-order valence-corrected chi connectivity index (χ4v) is 3.16. The highest BCUT2D eigenvalue weighted by Gasteiger charge is 2.15. The smallest absolute Gasteiger partial charge is 0.345 e. The van der Waals surface area contributed by atoms with Crippen LogP contribution in [0.15, 0.2) is 71.8 Å². The summed E-state index contributed by atoms with van der Waals surface area (Å²) in [5.74, 6) is -1.02. The van der Waals surface area contributed by atoms with Gasteiger partial charge in [-0.25, -0.2) is 10.2 Å². The van der Waals surface area contributed by atoms with Gasteiger partial charge in [0.25, 0.3) is 11.8 Å². The Hall–Kier alpha value is -3.88. The Morgan fingerprint density at radius 1 is 0.971 bits per heavy atom. The number of hydrogen-bond acceptors (Lipinski definition) is 6. The minimum absolute atomic E-state index is 0.211. The molecular formula is C25H21Cl2N3O5. The lowest BCUT2D eigenvalue weighted by molar-refractivity contribution is -0.120. The molecule has 0 fully saturated rings. The summed E-state index contributed by atoms with van der Waals surface area (Å²) in [6.45, 7) is 1.86. The first kappa shape index (κ1) is 25.7. The molecule has 3 aromatic rings. The van der Waals surface area contributed by atoms with Gasteiger partial charge in [-0.3, -0.25) is 9.59 Å².